The molecule has 26 heavy (non-hydrogen) atoms. The molecule has 0 fully saturated rings. The quantitative estimate of drug-likeness (QED) is 0.621. The molecule has 0 unspecified atom stereocenters. The fourth-order valence-corrected chi connectivity index (χ4v) is 3.49. The molecule has 2 aromatic heterocycles. The zero-order chi connectivity index (χ0) is 18.5. The number of aromatic nitrogens is 5. The molecule has 3 rings (SSSR count). The Morgan fingerprint density at radius 2 is 2.00 bits per heavy atom. The van der Waals surface area contributed by atoms with Gasteiger partial charge in [0.15, 0.2) is 5.96 Å². The highest BCUT2D eigenvalue weighted by atomic mass is 15.3. The highest BCUT2D eigenvalue weighted by molar-refractivity contribution is 5.79. The summed E-state index contributed by atoms with van der Waals surface area (Å²) >= 11 is 0. The number of aliphatic imine (C=N–C) groups is 1. The van der Waals surface area contributed by atoms with E-state index in [0.717, 1.165) is 49.2 Å². The highest BCUT2D eigenvalue weighted by Gasteiger charge is 2.14. The average Bonchev–Trinajstić information content (AvgIpc) is 3.00. The molecule has 1 aliphatic rings. The lowest BCUT2D eigenvalue weighted by atomic mass is 10.2. The molecule has 0 saturated carbocycles. The van der Waals surface area contributed by atoms with E-state index in [9.17, 15) is 0 Å². The van der Waals surface area contributed by atoms with E-state index in [1.165, 1.54) is 30.5 Å². The lowest BCUT2D eigenvalue weighted by Gasteiger charge is -2.12. The predicted molar refractivity (Wildman–Crippen MR) is 102 cm³/mol. The van der Waals surface area contributed by atoms with Crippen LogP contribution in [0.1, 0.15) is 47.9 Å². The minimum Gasteiger partial charge on any atom is -0.356 e. The summed E-state index contributed by atoms with van der Waals surface area (Å²) in [5, 5.41) is 20.0. The maximum Gasteiger partial charge on any atom is 0.191 e. The van der Waals surface area contributed by atoms with Crippen LogP contribution in [0.4, 0.5) is 0 Å². The number of aryl methyl sites for hydroxylation is 3. The van der Waals surface area contributed by atoms with E-state index in [2.05, 4.69) is 42.4 Å². The SMILES string of the molecule is CN=C(NCCc1nnc2n1CCCCC2)NCc1c(C)nn(C)c1C. The summed E-state index contributed by atoms with van der Waals surface area (Å²) in [5.41, 5.74) is 3.45. The third-order valence-electron chi connectivity index (χ3n) is 5.14. The van der Waals surface area contributed by atoms with E-state index < -0.39 is 0 Å². The standard InChI is InChI=1S/C18H30N8/c1-13-15(14(2)25(4)24-13)12-21-18(19-3)20-10-9-17-23-22-16-8-6-5-7-11-26(16)17/h5-12H2,1-4H3,(H2,19,20,21). The molecule has 8 heteroatoms. The summed E-state index contributed by atoms with van der Waals surface area (Å²) in [5.74, 6) is 3.01. The van der Waals surface area contributed by atoms with Crippen LogP contribution >= 0.6 is 0 Å². The Morgan fingerprint density at radius 3 is 2.73 bits per heavy atom. The Morgan fingerprint density at radius 1 is 1.15 bits per heavy atom. The van der Waals surface area contributed by atoms with E-state index >= 15 is 0 Å². The molecule has 0 aromatic carbocycles. The van der Waals surface area contributed by atoms with Gasteiger partial charge in [-0.15, -0.1) is 10.2 Å². The molecule has 0 aliphatic carbocycles. The zero-order valence-corrected chi connectivity index (χ0v) is 16.3. The fourth-order valence-electron chi connectivity index (χ4n) is 3.49. The molecule has 0 atom stereocenters. The maximum atomic E-state index is 4.46. The summed E-state index contributed by atoms with van der Waals surface area (Å²) < 4.78 is 4.22. The lowest BCUT2D eigenvalue weighted by Crippen LogP contribution is -2.38. The molecule has 142 valence electrons. The van der Waals surface area contributed by atoms with Gasteiger partial charge in [-0.1, -0.05) is 6.42 Å². The Bertz CT molecular complexity index is 770. The molecule has 0 saturated heterocycles. The zero-order valence-electron chi connectivity index (χ0n) is 16.3. The minimum absolute atomic E-state index is 0.714. The number of hydrogen-bond donors (Lipinski definition) is 2. The van der Waals surface area contributed by atoms with Gasteiger partial charge in [0.1, 0.15) is 11.6 Å². The van der Waals surface area contributed by atoms with Crippen LogP contribution in [0, 0.1) is 13.8 Å². The molecule has 2 N–H and O–H groups in total. The molecule has 8 nitrogen and oxygen atoms in total. The van der Waals surface area contributed by atoms with Gasteiger partial charge in [0.2, 0.25) is 0 Å². The van der Waals surface area contributed by atoms with Crippen LogP contribution in [0.2, 0.25) is 0 Å². The summed E-state index contributed by atoms with van der Waals surface area (Å²) in [6, 6.07) is 0. The smallest absolute Gasteiger partial charge is 0.191 e. The van der Waals surface area contributed by atoms with Crippen LogP contribution in [-0.2, 0) is 33.0 Å². The van der Waals surface area contributed by atoms with E-state index in [1.807, 2.05) is 18.7 Å². The van der Waals surface area contributed by atoms with Crippen LogP contribution in [-0.4, -0.2) is 44.1 Å². The van der Waals surface area contributed by atoms with E-state index in [1.54, 1.807) is 7.05 Å². The van der Waals surface area contributed by atoms with Gasteiger partial charge in [-0.3, -0.25) is 9.67 Å². The van der Waals surface area contributed by atoms with Crippen LogP contribution in [0.5, 0.6) is 0 Å². The van der Waals surface area contributed by atoms with Gasteiger partial charge in [-0.25, -0.2) is 0 Å². The first-order chi connectivity index (χ1) is 12.6. The number of fused-ring (bicyclic) bond motifs is 1. The Hall–Kier alpha value is -2.38. The van der Waals surface area contributed by atoms with Gasteiger partial charge >= 0.3 is 0 Å². The van der Waals surface area contributed by atoms with Crippen LogP contribution in [0.25, 0.3) is 0 Å². The molecule has 1 aliphatic heterocycles. The first kappa shape index (κ1) is 18.4. The van der Waals surface area contributed by atoms with Crippen molar-refractivity contribution < 1.29 is 0 Å². The van der Waals surface area contributed by atoms with Crippen molar-refractivity contribution in [3.63, 3.8) is 0 Å². The van der Waals surface area contributed by atoms with Gasteiger partial charge < -0.3 is 15.2 Å². The number of rotatable bonds is 5. The summed E-state index contributed by atoms with van der Waals surface area (Å²) in [6.07, 6.45) is 5.62. The predicted octanol–water partition coefficient (Wildman–Crippen LogP) is 1.26. The maximum absolute atomic E-state index is 4.46. The Labute approximate surface area is 155 Å². The fraction of sp³-hybridized carbons (Fsp3) is 0.667. The van der Waals surface area contributed by atoms with Crippen LogP contribution in [0.3, 0.4) is 0 Å². The molecule has 0 bridgehead atoms. The van der Waals surface area contributed by atoms with Gasteiger partial charge in [-0.05, 0) is 26.7 Å². The second kappa shape index (κ2) is 8.33. The van der Waals surface area contributed by atoms with Gasteiger partial charge in [-0.2, -0.15) is 5.10 Å². The van der Waals surface area contributed by atoms with Crippen molar-refractivity contribution in [2.75, 3.05) is 13.6 Å². The molecular weight excluding hydrogens is 328 g/mol. The van der Waals surface area contributed by atoms with Gasteiger partial charge in [0.05, 0.1) is 5.69 Å². The first-order valence-electron chi connectivity index (χ1n) is 9.44. The van der Waals surface area contributed by atoms with Crippen LogP contribution < -0.4 is 10.6 Å². The highest BCUT2D eigenvalue weighted by Crippen LogP contribution is 2.14. The van der Waals surface area contributed by atoms with Crippen molar-refractivity contribution in [2.24, 2.45) is 12.0 Å². The molecule has 3 heterocycles. The average molecular weight is 358 g/mol. The van der Waals surface area contributed by atoms with Crippen molar-refractivity contribution >= 4 is 5.96 Å². The largest absolute Gasteiger partial charge is 0.356 e. The van der Waals surface area contributed by atoms with Gasteiger partial charge in [0.25, 0.3) is 0 Å². The van der Waals surface area contributed by atoms with Crippen molar-refractivity contribution in [3.05, 3.63) is 28.6 Å². The van der Waals surface area contributed by atoms with E-state index in [4.69, 9.17) is 0 Å². The molecule has 0 radical (unpaired) electrons. The summed E-state index contributed by atoms with van der Waals surface area (Å²) in [6.45, 7) is 6.67. The van der Waals surface area contributed by atoms with Crippen molar-refractivity contribution in [1.29, 1.82) is 0 Å². The number of hydrogen-bond acceptors (Lipinski definition) is 4. The second-order valence-corrected chi connectivity index (χ2v) is 6.87. The molecule has 2 aromatic rings. The summed E-state index contributed by atoms with van der Waals surface area (Å²) in [4.78, 5) is 4.31. The first-order valence-corrected chi connectivity index (χ1v) is 9.44. The number of nitrogens with zero attached hydrogens (tertiary/aromatic N) is 6. The van der Waals surface area contributed by atoms with Gasteiger partial charge in [0, 0.05) is 57.8 Å². The van der Waals surface area contributed by atoms with E-state index in [0.29, 0.717) is 6.54 Å². The number of nitrogens with one attached hydrogen (secondary N) is 2. The van der Waals surface area contributed by atoms with Crippen molar-refractivity contribution in [1.82, 2.24) is 35.2 Å². The van der Waals surface area contributed by atoms with Crippen LogP contribution in [0.15, 0.2) is 4.99 Å². The van der Waals surface area contributed by atoms with E-state index in [-0.39, 0.29) is 0 Å². The van der Waals surface area contributed by atoms with Crippen molar-refractivity contribution in [2.45, 2.75) is 59.0 Å². The molecule has 0 spiro atoms. The topological polar surface area (TPSA) is 84.9 Å². The Balaban J connectivity index is 1.51. The molecular formula is C18H30N8. The lowest BCUT2D eigenvalue weighted by molar-refractivity contribution is 0.600. The second-order valence-electron chi connectivity index (χ2n) is 6.87. The third-order valence-corrected chi connectivity index (χ3v) is 5.14. The Kier molecular flexibility index (Phi) is 5.90. The van der Waals surface area contributed by atoms with Crippen molar-refractivity contribution in [3.8, 4) is 0 Å². The molecule has 0 amide bonds. The third kappa shape index (κ3) is 4.05. The summed E-state index contributed by atoms with van der Waals surface area (Å²) in [7, 11) is 3.77. The monoisotopic (exact) mass is 358 g/mol. The number of guanidine groups is 1. The minimum atomic E-state index is 0.714. The normalized spacial score (nSPS) is 14.8.